The lowest BCUT2D eigenvalue weighted by Crippen LogP contribution is -2.08. The van der Waals surface area contributed by atoms with Gasteiger partial charge in [0.05, 0.1) is 29.5 Å². The van der Waals surface area contributed by atoms with Crippen LogP contribution < -0.4 is 0 Å². The number of pyridine rings is 1. The quantitative estimate of drug-likeness (QED) is 0.462. The molecule has 0 amide bonds. The van der Waals surface area contributed by atoms with Crippen LogP contribution in [-0.4, -0.2) is 31.9 Å². The Balaban J connectivity index is 1.88. The number of aromatic nitrogens is 4. The first-order chi connectivity index (χ1) is 13.5. The molecule has 7 heteroatoms. The van der Waals surface area contributed by atoms with Gasteiger partial charge in [-0.2, -0.15) is 5.10 Å². The van der Waals surface area contributed by atoms with Gasteiger partial charge in [-0.1, -0.05) is 11.6 Å². The van der Waals surface area contributed by atoms with Gasteiger partial charge in [0, 0.05) is 52.8 Å². The normalized spacial score (nSPS) is 11.4. The molecule has 144 valence electrons. The molecule has 1 aromatic carbocycles. The van der Waals surface area contributed by atoms with Crippen LogP contribution in [-0.2, 0) is 22.6 Å². The van der Waals surface area contributed by atoms with Gasteiger partial charge in [0.15, 0.2) is 0 Å². The average molecular weight is 397 g/mol. The highest BCUT2D eigenvalue weighted by Gasteiger charge is 2.18. The molecule has 3 aromatic heterocycles. The number of carbonyl (C=O) groups excluding carboxylic acids is 1. The van der Waals surface area contributed by atoms with E-state index in [2.05, 4.69) is 21.6 Å². The van der Waals surface area contributed by atoms with Crippen LogP contribution in [0.2, 0.25) is 5.02 Å². The number of aryl methyl sites for hydroxylation is 2. The number of ether oxygens (including phenoxy) is 1. The highest BCUT2D eigenvalue weighted by molar-refractivity contribution is 6.32. The Morgan fingerprint density at radius 2 is 2.07 bits per heavy atom. The Hall–Kier alpha value is -2.86. The summed E-state index contributed by atoms with van der Waals surface area (Å²) in [7, 11) is 0. The number of halogens is 1. The van der Waals surface area contributed by atoms with Crippen molar-refractivity contribution in [2.24, 2.45) is 0 Å². The van der Waals surface area contributed by atoms with Gasteiger partial charge in [0.1, 0.15) is 6.61 Å². The molecule has 0 unspecified atom stereocenters. The number of hydrogen-bond acceptors (Lipinski definition) is 4. The first kappa shape index (κ1) is 18.5. The molecule has 0 radical (unpaired) electrons. The van der Waals surface area contributed by atoms with E-state index in [9.17, 15) is 4.79 Å². The van der Waals surface area contributed by atoms with Crippen LogP contribution in [0.3, 0.4) is 0 Å². The largest absolute Gasteiger partial charge is 0.464 e. The van der Waals surface area contributed by atoms with Crippen molar-refractivity contribution in [2.45, 2.75) is 33.9 Å². The van der Waals surface area contributed by atoms with Gasteiger partial charge >= 0.3 is 5.97 Å². The van der Waals surface area contributed by atoms with E-state index in [0.29, 0.717) is 18.2 Å². The third-order valence-corrected chi connectivity index (χ3v) is 5.12. The number of nitrogens with zero attached hydrogens (tertiary/aromatic N) is 4. The molecule has 0 saturated heterocycles. The molecule has 4 rings (SSSR count). The fraction of sp³-hybridized carbons (Fsp3) is 0.286. The first-order valence-corrected chi connectivity index (χ1v) is 9.60. The second kappa shape index (κ2) is 7.28. The predicted molar refractivity (Wildman–Crippen MR) is 111 cm³/mol. The van der Waals surface area contributed by atoms with Crippen LogP contribution in [0.4, 0.5) is 0 Å². The van der Waals surface area contributed by atoms with Crippen molar-refractivity contribution in [1.29, 1.82) is 0 Å². The average Bonchev–Trinajstić information content (AvgIpc) is 3.24. The van der Waals surface area contributed by atoms with Gasteiger partial charge in [0.25, 0.3) is 0 Å². The third kappa shape index (κ3) is 3.14. The van der Waals surface area contributed by atoms with Crippen LogP contribution in [0.15, 0.2) is 36.8 Å². The summed E-state index contributed by atoms with van der Waals surface area (Å²) in [5.74, 6) is -0.291. The summed E-state index contributed by atoms with van der Waals surface area (Å²) in [6, 6.07) is 6.03. The highest BCUT2D eigenvalue weighted by Crippen LogP contribution is 2.38. The molecule has 0 saturated carbocycles. The fourth-order valence-electron chi connectivity index (χ4n) is 3.77. The molecule has 0 N–H and O–H groups in total. The molecule has 0 aliphatic rings. The van der Waals surface area contributed by atoms with Crippen LogP contribution in [0.1, 0.15) is 19.5 Å². The molecule has 0 fully saturated rings. The summed E-state index contributed by atoms with van der Waals surface area (Å²) < 4.78 is 9.07. The molecular weight excluding hydrogens is 376 g/mol. The first-order valence-electron chi connectivity index (χ1n) is 9.22. The molecular formula is C21H21ClN4O2. The van der Waals surface area contributed by atoms with E-state index in [1.54, 1.807) is 4.68 Å². The van der Waals surface area contributed by atoms with Crippen molar-refractivity contribution in [3.63, 3.8) is 0 Å². The van der Waals surface area contributed by atoms with E-state index in [4.69, 9.17) is 16.3 Å². The van der Waals surface area contributed by atoms with Gasteiger partial charge in [-0.3, -0.25) is 14.5 Å². The molecule has 0 spiro atoms. The second-order valence-corrected chi connectivity index (χ2v) is 7.15. The maximum Gasteiger partial charge on any atom is 0.302 e. The van der Waals surface area contributed by atoms with Crippen LogP contribution in [0, 0.1) is 6.92 Å². The molecule has 3 heterocycles. The van der Waals surface area contributed by atoms with E-state index in [-0.39, 0.29) is 5.97 Å². The van der Waals surface area contributed by atoms with E-state index in [0.717, 1.165) is 45.2 Å². The van der Waals surface area contributed by atoms with Crippen LogP contribution in [0.25, 0.3) is 32.9 Å². The standard InChI is InChI=1S/C21H21ClN4O2/c1-4-26-20-13(2)23-6-5-17(20)19-10-16(22)9-18(21(19)26)15-11-24-25(12-15)7-8-28-14(3)27/h5-6,9-12H,4,7-8H2,1-3H3. The lowest BCUT2D eigenvalue weighted by molar-refractivity contribution is -0.141. The van der Waals surface area contributed by atoms with Crippen molar-refractivity contribution in [3.05, 3.63) is 47.5 Å². The summed E-state index contributed by atoms with van der Waals surface area (Å²) in [4.78, 5) is 15.4. The van der Waals surface area contributed by atoms with Crippen molar-refractivity contribution in [1.82, 2.24) is 19.3 Å². The molecule has 0 aliphatic heterocycles. The van der Waals surface area contributed by atoms with Crippen LogP contribution >= 0.6 is 11.6 Å². The third-order valence-electron chi connectivity index (χ3n) is 4.90. The van der Waals surface area contributed by atoms with E-state index in [1.807, 2.05) is 43.7 Å². The van der Waals surface area contributed by atoms with E-state index >= 15 is 0 Å². The molecule has 0 atom stereocenters. The second-order valence-electron chi connectivity index (χ2n) is 6.72. The van der Waals surface area contributed by atoms with Gasteiger partial charge in [0.2, 0.25) is 0 Å². The number of benzene rings is 1. The van der Waals surface area contributed by atoms with Gasteiger partial charge < -0.3 is 9.30 Å². The zero-order valence-electron chi connectivity index (χ0n) is 16.1. The summed E-state index contributed by atoms with van der Waals surface area (Å²) in [5, 5.41) is 7.35. The van der Waals surface area contributed by atoms with Crippen molar-refractivity contribution >= 4 is 39.4 Å². The van der Waals surface area contributed by atoms with E-state index < -0.39 is 0 Å². The predicted octanol–water partition coefficient (Wildman–Crippen LogP) is 4.60. The minimum atomic E-state index is -0.291. The van der Waals surface area contributed by atoms with Crippen LogP contribution in [0.5, 0.6) is 0 Å². The zero-order valence-corrected chi connectivity index (χ0v) is 16.8. The minimum absolute atomic E-state index is 0.291. The van der Waals surface area contributed by atoms with E-state index in [1.165, 1.54) is 6.92 Å². The van der Waals surface area contributed by atoms with Crippen molar-refractivity contribution < 1.29 is 9.53 Å². The summed E-state index contributed by atoms with van der Waals surface area (Å²) in [6.07, 6.45) is 5.61. The Morgan fingerprint density at radius 3 is 2.82 bits per heavy atom. The molecule has 28 heavy (non-hydrogen) atoms. The number of fused-ring (bicyclic) bond motifs is 3. The maximum absolute atomic E-state index is 11.0. The Labute approximate surface area is 167 Å². The fourth-order valence-corrected chi connectivity index (χ4v) is 3.99. The number of hydrogen-bond donors (Lipinski definition) is 0. The highest BCUT2D eigenvalue weighted by atomic mass is 35.5. The molecule has 4 aromatic rings. The SMILES string of the molecule is CCn1c2c(-c3cnn(CCOC(C)=O)c3)cc(Cl)cc2c2ccnc(C)c21. The van der Waals surface area contributed by atoms with Gasteiger partial charge in [-0.25, -0.2) is 0 Å². The Morgan fingerprint density at radius 1 is 1.25 bits per heavy atom. The van der Waals surface area contributed by atoms with Crippen molar-refractivity contribution in [3.8, 4) is 11.1 Å². The summed E-state index contributed by atoms with van der Waals surface area (Å²) in [6.45, 7) is 7.18. The Bertz CT molecular complexity index is 1190. The lowest BCUT2D eigenvalue weighted by atomic mass is 10.0. The minimum Gasteiger partial charge on any atom is -0.464 e. The monoisotopic (exact) mass is 396 g/mol. The maximum atomic E-state index is 11.0. The van der Waals surface area contributed by atoms with Crippen molar-refractivity contribution in [2.75, 3.05) is 6.61 Å². The number of esters is 1. The summed E-state index contributed by atoms with van der Waals surface area (Å²) >= 11 is 6.48. The molecule has 0 bridgehead atoms. The van der Waals surface area contributed by atoms with Gasteiger partial charge in [-0.05, 0) is 32.0 Å². The zero-order chi connectivity index (χ0) is 19.8. The topological polar surface area (TPSA) is 61.9 Å². The number of carbonyl (C=O) groups is 1. The lowest BCUT2D eigenvalue weighted by Gasteiger charge is -2.09. The smallest absolute Gasteiger partial charge is 0.302 e. The molecule has 0 aliphatic carbocycles. The van der Waals surface area contributed by atoms with Gasteiger partial charge in [-0.15, -0.1) is 0 Å². The number of rotatable bonds is 5. The molecule has 6 nitrogen and oxygen atoms in total. The summed E-state index contributed by atoms with van der Waals surface area (Å²) in [5.41, 5.74) is 5.25. The Kier molecular flexibility index (Phi) is 4.81.